The molecule has 0 aromatic heterocycles. The summed E-state index contributed by atoms with van der Waals surface area (Å²) in [6.45, 7) is 10.2. The summed E-state index contributed by atoms with van der Waals surface area (Å²) < 4.78 is 12.1. The third-order valence-electron chi connectivity index (χ3n) is 8.17. The van der Waals surface area contributed by atoms with Crippen LogP contribution in [0.15, 0.2) is 24.3 Å². The van der Waals surface area contributed by atoms with Gasteiger partial charge in [0.25, 0.3) is 0 Å². The van der Waals surface area contributed by atoms with Crippen LogP contribution >= 0.6 is 15.9 Å². The molecule has 1 spiro atoms. The van der Waals surface area contributed by atoms with Crippen molar-refractivity contribution in [1.82, 2.24) is 10.2 Å². The fraction of sp³-hybridized carbons (Fsp3) is 0.690. The fourth-order valence-electron chi connectivity index (χ4n) is 6.73. The number of nitrogens with zero attached hydrogens (tertiary/aromatic N) is 1. The number of nitrogens with one attached hydrogen (secondary N) is 2. The van der Waals surface area contributed by atoms with Crippen LogP contribution in [0.1, 0.15) is 60.3 Å². The van der Waals surface area contributed by atoms with Crippen LogP contribution < -0.4 is 15.4 Å². The number of hydrogen-bond donors (Lipinski definition) is 3. The van der Waals surface area contributed by atoms with Crippen LogP contribution in [0.2, 0.25) is 0 Å². The zero-order chi connectivity index (χ0) is 28.5. The third kappa shape index (κ3) is 5.57. The molecule has 3 amide bonds. The molecule has 9 nitrogen and oxygen atoms in total. The minimum Gasteiger partial charge on any atom is -0.494 e. The molecule has 3 saturated heterocycles. The minimum absolute atomic E-state index is 0.0790. The summed E-state index contributed by atoms with van der Waals surface area (Å²) in [4.78, 5) is 43.2. The van der Waals surface area contributed by atoms with Crippen molar-refractivity contribution in [3.05, 3.63) is 24.3 Å². The first-order valence-electron chi connectivity index (χ1n) is 14.2. The number of carbonyl (C=O) groups is 3. The SMILES string of the molecule is CCCC(C)NC(=O)C1N([C@@H](CO)CC(C)C)C(=O)[C@@H]2[C@H](C(=O)Nc3ccc(OCC)cc3)[C@H]3OC12CC3Br. The van der Waals surface area contributed by atoms with Gasteiger partial charge in [0, 0.05) is 16.6 Å². The molecule has 0 saturated carbocycles. The number of rotatable bonds is 12. The van der Waals surface area contributed by atoms with E-state index in [1.165, 1.54) is 4.90 Å². The summed E-state index contributed by atoms with van der Waals surface area (Å²) in [5.41, 5.74) is -0.568. The highest BCUT2D eigenvalue weighted by molar-refractivity contribution is 9.09. The number of benzene rings is 1. The lowest BCUT2D eigenvalue weighted by Crippen LogP contribution is -2.59. The number of ether oxygens (including phenoxy) is 2. The van der Waals surface area contributed by atoms with Gasteiger partial charge in [-0.3, -0.25) is 14.4 Å². The van der Waals surface area contributed by atoms with E-state index in [9.17, 15) is 19.5 Å². The molecule has 1 aromatic rings. The molecule has 0 aliphatic carbocycles. The molecule has 39 heavy (non-hydrogen) atoms. The van der Waals surface area contributed by atoms with Gasteiger partial charge < -0.3 is 30.1 Å². The lowest BCUT2D eigenvalue weighted by molar-refractivity contribution is -0.145. The van der Waals surface area contributed by atoms with Gasteiger partial charge >= 0.3 is 0 Å². The molecule has 1 aromatic carbocycles. The molecule has 8 atom stereocenters. The first-order chi connectivity index (χ1) is 18.6. The van der Waals surface area contributed by atoms with E-state index in [-0.39, 0.29) is 41.1 Å². The molecule has 4 unspecified atom stereocenters. The number of aliphatic hydroxyl groups excluding tert-OH is 1. The summed E-state index contributed by atoms with van der Waals surface area (Å²) >= 11 is 3.70. The predicted octanol–water partition coefficient (Wildman–Crippen LogP) is 3.48. The second kappa shape index (κ2) is 12.1. The average molecular weight is 609 g/mol. The number of likely N-dealkylation sites (tertiary alicyclic amines) is 1. The Bertz CT molecular complexity index is 1050. The lowest BCUT2D eigenvalue weighted by Gasteiger charge is -2.38. The van der Waals surface area contributed by atoms with Crippen LogP contribution in [0.4, 0.5) is 5.69 Å². The largest absolute Gasteiger partial charge is 0.494 e. The van der Waals surface area contributed by atoms with E-state index in [0.29, 0.717) is 30.9 Å². The van der Waals surface area contributed by atoms with Crippen LogP contribution in [0.3, 0.4) is 0 Å². The summed E-state index contributed by atoms with van der Waals surface area (Å²) in [5.74, 6) is -1.62. The van der Waals surface area contributed by atoms with Gasteiger partial charge in [-0.1, -0.05) is 43.1 Å². The maximum absolute atomic E-state index is 14.2. The Hall–Kier alpha value is -2.17. The normalized spacial score (nSPS) is 30.8. The Morgan fingerprint density at radius 1 is 1.21 bits per heavy atom. The topological polar surface area (TPSA) is 117 Å². The van der Waals surface area contributed by atoms with Crippen LogP contribution in [-0.2, 0) is 19.1 Å². The van der Waals surface area contributed by atoms with Gasteiger partial charge in [-0.2, -0.15) is 0 Å². The first kappa shape index (κ1) is 29.8. The second-order valence-corrected chi connectivity index (χ2v) is 12.7. The first-order valence-corrected chi connectivity index (χ1v) is 15.1. The number of aliphatic hydroxyl groups is 1. The van der Waals surface area contributed by atoms with Gasteiger partial charge in [0.05, 0.1) is 37.2 Å². The van der Waals surface area contributed by atoms with Gasteiger partial charge in [-0.15, -0.1) is 0 Å². The van der Waals surface area contributed by atoms with Crippen LogP contribution in [-0.4, -0.2) is 75.6 Å². The van der Waals surface area contributed by atoms with Crippen molar-refractivity contribution in [3.63, 3.8) is 0 Å². The lowest BCUT2D eigenvalue weighted by atomic mass is 9.70. The number of hydrogen-bond acceptors (Lipinski definition) is 6. The molecule has 3 fully saturated rings. The summed E-state index contributed by atoms with van der Waals surface area (Å²) in [6.07, 6.45) is 2.12. The van der Waals surface area contributed by atoms with Crippen molar-refractivity contribution in [2.75, 3.05) is 18.5 Å². The maximum atomic E-state index is 14.2. The number of amides is 3. The van der Waals surface area contributed by atoms with Crippen LogP contribution in [0, 0.1) is 17.8 Å². The van der Waals surface area contributed by atoms with Gasteiger partial charge in [0.1, 0.15) is 17.4 Å². The van der Waals surface area contributed by atoms with Crippen molar-refractivity contribution in [2.24, 2.45) is 17.8 Å². The predicted molar refractivity (Wildman–Crippen MR) is 152 cm³/mol. The summed E-state index contributed by atoms with van der Waals surface area (Å²) in [7, 11) is 0. The van der Waals surface area contributed by atoms with E-state index in [4.69, 9.17) is 9.47 Å². The molecular formula is C29H42BrN3O6. The van der Waals surface area contributed by atoms with E-state index in [1.807, 2.05) is 27.7 Å². The van der Waals surface area contributed by atoms with Gasteiger partial charge in [-0.05, 0) is 63.3 Å². The quantitative estimate of drug-likeness (QED) is 0.313. The van der Waals surface area contributed by atoms with Crippen LogP contribution in [0.25, 0.3) is 0 Å². The smallest absolute Gasteiger partial charge is 0.246 e. The Morgan fingerprint density at radius 2 is 1.90 bits per heavy atom. The van der Waals surface area contributed by atoms with Crippen molar-refractivity contribution >= 4 is 39.3 Å². The van der Waals surface area contributed by atoms with E-state index >= 15 is 0 Å². The minimum atomic E-state index is -1.16. The van der Waals surface area contributed by atoms with Gasteiger partial charge in [-0.25, -0.2) is 0 Å². The molecule has 216 valence electrons. The average Bonchev–Trinajstić information content (AvgIpc) is 3.47. The van der Waals surface area contributed by atoms with E-state index in [2.05, 4.69) is 33.5 Å². The van der Waals surface area contributed by atoms with Crippen molar-refractivity contribution in [1.29, 1.82) is 0 Å². The number of halogens is 1. The number of anilines is 1. The van der Waals surface area contributed by atoms with Crippen LogP contribution in [0.5, 0.6) is 5.75 Å². The van der Waals surface area contributed by atoms with E-state index in [1.54, 1.807) is 24.3 Å². The Kier molecular flexibility index (Phi) is 9.28. The highest BCUT2D eigenvalue weighted by Crippen LogP contribution is 2.60. The van der Waals surface area contributed by atoms with Gasteiger partial charge in [0.2, 0.25) is 17.7 Å². The zero-order valence-electron chi connectivity index (χ0n) is 23.5. The molecule has 0 radical (unpaired) electrons. The Morgan fingerprint density at radius 3 is 2.49 bits per heavy atom. The van der Waals surface area contributed by atoms with Crippen molar-refractivity contribution in [3.8, 4) is 5.75 Å². The van der Waals surface area contributed by atoms with E-state index in [0.717, 1.165) is 12.8 Å². The molecular weight excluding hydrogens is 566 g/mol. The highest BCUT2D eigenvalue weighted by atomic mass is 79.9. The fourth-order valence-corrected chi connectivity index (χ4v) is 7.68. The van der Waals surface area contributed by atoms with Crippen molar-refractivity contribution < 1.29 is 29.0 Å². The Labute approximate surface area is 239 Å². The molecule has 3 aliphatic rings. The molecule has 3 heterocycles. The maximum Gasteiger partial charge on any atom is 0.246 e. The third-order valence-corrected chi connectivity index (χ3v) is 9.01. The molecule has 3 N–H and O–H groups in total. The molecule has 2 bridgehead atoms. The summed E-state index contributed by atoms with van der Waals surface area (Å²) in [6, 6.07) is 5.52. The standard InChI is InChI=1S/C29H42BrN3O6/c1-6-8-17(5)31-27(36)25-29-14-21(30)24(39-29)22(23(29)28(37)33(25)19(15-34)13-16(3)4)26(35)32-18-9-11-20(12-10-18)38-7-2/h9-12,16-17,19,21-25,34H,6-8,13-15H2,1-5H3,(H,31,36)(H,32,35)/t17?,19-,21?,22+,23+,24+,25?,29?/m1/s1. The zero-order valence-corrected chi connectivity index (χ0v) is 25.1. The summed E-state index contributed by atoms with van der Waals surface area (Å²) in [5, 5.41) is 16.4. The number of carbonyl (C=O) groups excluding carboxylic acids is 3. The second-order valence-electron chi connectivity index (χ2n) is 11.5. The van der Waals surface area contributed by atoms with Crippen molar-refractivity contribution in [2.45, 2.75) is 95.0 Å². The Balaban J connectivity index is 1.68. The molecule has 10 heteroatoms. The van der Waals surface area contributed by atoms with E-state index < -0.39 is 35.6 Å². The van der Waals surface area contributed by atoms with Gasteiger partial charge in [0.15, 0.2) is 0 Å². The number of alkyl halides is 1. The highest BCUT2D eigenvalue weighted by Gasteiger charge is 2.77. The number of fused-ring (bicyclic) bond motifs is 1. The monoisotopic (exact) mass is 607 g/mol. The molecule has 4 rings (SSSR count). The molecule has 3 aliphatic heterocycles.